The predicted octanol–water partition coefficient (Wildman–Crippen LogP) is 4.83. The summed E-state index contributed by atoms with van der Waals surface area (Å²) in [6, 6.07) is 11.7. The van der Waals surface area contributed by atoms with Gasteiger partial charge in [0, 0.05) is 24.7 Å². The summed E-state index contributed by atoms with van der Waals surface area (Å²) in [5, 5.41) is 3.60. The van der Waals surface area contributed by atoms with Crippen molar-refractivity contribution in [3.63, 3.8) is 0 Å². The molecule has 0 saturated heterocycles. The minimum absolute atomic E-state index is 0.539. The molecule has 1 aromatic carbocycles. The summed E-state index contributed by atoms with van der Waals surface area (Å²) in [6.07, 6.45) is 0. The Morgan fingerprint density at radius 2 is 1.62 bits per heavy atom. The van der Waals surface area contributed by atoms with Crippen LogP contribution in [0, 0.1) is 11.8 Å². The number of hydrogen-bond donors (Lipinski definition) is 1. The quantitative estimate of drug-likeness (QED) is 0.585. The maximum Gasteiger partial charge on any atom is 0.0629 e. The average Bonchev–Trinajstić information content (AvgIpc) is 2.35. The highest BCUT2D eigenvalue weighted by Crippen LogP contribution is 2.20. The SMILES string of the molecule is C[Si](C)(C)CC#CC(CNCc1ccccc1)[Si](C)(C)C. The highest BCUT2D eigenvalue weighted by Gasteiger charge is 2.24. The van der Waals surface area contributed by atoms with E-state index in [1.54, 1.807) is 0 Å². The third kappa shape index (κ3) is 8.25. The molecule has 116 valence electrons. The smallest absolute Gasteiger partial charge is 0.0629 e. The standard InChI is InChI=1S/C18H31NSi2/c1-20(2,3)14-10-13-18(21(4,5)6)16-19-15-17-11-8-7-9-12-17/h7-9,11-12,18-19H,14-16H2,1-6H3. The minimum Gasteiger partial charge on any atom is -0.312 e. The van der Waals surface area contributed by atoms with Crippen molar-refractivity contribution in [2.75, 3.05) is 6.54 Å². The predicted molar refractivity (Wildman–Crippen MR) is 101 cm³/mol. The van der Waals surface area contributed by atoms with Crippen molar-refractivity contribution >= 4 is 16.1 Å². The van der Waals surface area contributed by atoms with Crippen LogP contribution in [-0.4, -0.2) is 22.7 Å². The van der Waals surface area contributed by atoms with E-state index in [4.69, 9.17) is 0 Å². The zero-order valence-corrected chi connectivity index (χ0v) is 16.6. The van der Waals surface area contributed by atoms with Crippen molar-refractivity contribution < 1.29 is 0 Å². The minimum atomic E-state index is -1.24. The largest absolute Gasteiger partial charge is 0.312 e. The Morgan fingerprint density at radius 1 is 1.00 bits per heavy atom. The van der Waals surface area contributed by atoms with Crippen LogP contribution in [0.25, 0.3) is 0 Å². The molecule has 0 spiro atoms. The van der Waals surface area contributed by atoms with Crippen LogP contribution in [0.3, 0.4) is 0 Å². The summed E-state index contributed by atoms with van der Waals surface area (Å²) in [6.45, 7) is 16.4. The monoisotopic (exact) mass is 317 g/mol. The summed E-state index contributed by atoms with van der Waals surface area (Å²) in [5.41, 5.74) is 1.89. The Kier molecular flexibility index (Phi) is 6.92. The van der Waals surface area contributed by atoms with E-state index in [2.05, 4.69) is 86.8 Å². The van der Waals surface area contributed by atoms with Crippen LogP contribution >= 0.6 is 0 Å². The molecule has 21 heavy (non-hydrogen) atoms. The first kappa shape index (κ1) is 18.2. The van der Waals surface area contributed by atoms with E-state index in [9.17, 15) is 0 Å². The number of rotatable bonds is 6. The molecule has 1 N–H and O–H groups in total. The molecule has 0 aliphatic rings. The molecule has 1 nitrogen and oxygen atoms in total. The molecular formula is C18H31NSi2. The van der Waals surface area contributed by atoms with Crippen LogP contribution in [0.5, 0.6) is 0 Å². The lowest BCUT2D eigenvalue weighted by Crippen LogP contribution is -2.34. The molecule has 0 saturated carbocycles. The van der Waals surface area contributed by atoms with Crippen LogP contribution in [-0.2, 0) is 6.54 Å². The summed E-state index contributed by atoms with van der Waals surface area (Å²) >= 11 is 0. The molecule has 1 aromatic rings. The fraction of sp³-hybridized carbons (Fsp3) is 0.556. The molecule has 0 aliphatic carbocycles. The highest BCUT2D eigenvalue weighted by molar-refractivity contribution is 6.78. The van der Waals surface area contributed by atoms with Crippen molar-refractivity contribution in [1.29, 1.82) is 0 Å². The van der Waals surface area contributed by atoms with Crippen molar-refractivity contribution in [3.8, 4) is 11.8 Å². The Labute approximate surface area is 133 Å². The second-order valence-electron chi connectivity index (χ2n) is 8.09. The van der Waals surface area contributed by atoms with E-state index in [0.29, 0.717) is 5.54 Å². The van der Waals surface area contributed by atoms with Crippen LogP contribution in [0.1, 0.15) is 5.56 Å². The van der Waals surface area contributed by atoms with Gasteiger partial charge in [0.1, 0.15) is 0 Å². The lowest BCUT2D eigenvalue weighted by Gasteiger charge is -2.25. The topological polar surface area (TPSA) is 12.0 Å². The summed E-state index contributed by atoms with van der Waals surface area (Å²) in [7, 11) is -2.29. The van der Waals surface area contributed by atoms with Crippen LogP contribution in [0.15, 0.2) is 30.3 Å². The molecule has 1 unspecified atom stereocenters. The molecule has 0 fully saturated rings. The van der Waals surface area contributed by atoms with Gasteiger partial charge in [-0.1, -0.05) is 69.6 Å². The number of nitrogens with one attached hydrogen (secondary N) is 1. The molecule has 1 atom stereocenters. The van der Waals surface area contributed by atoms with E-state index in [1.165, 1.54) is 5.56 Å². The van der Waals surface area contributed by atoms with Gasteiger partial charge in [-0.2, -0.15) is 0 Å². The van der Waals surface area contributed by atoms with Crippen molar-refractivity contribution in [2.24, 2.45) is 0 Å². The summed E-state index contributed by atoms with van der Waals surface area (Å²) in [5.74, 6) is 7.07. The average molecular weight is 318 g/mol. The zero-order valence-electron chi connectivity index (χ0n) is 14.6. The van der Waals surface area contributed by atoms with Gasteiger partial charge in [-0.15, -0.1) is 11.8 Å². The van der Waals surface area contributed by atoms with E-state index >= 15 is 0 Å². The van der Waals surface area contributed by atoms with Crippen molar-refractivity contribution in [2.45, 2.75) is 57.4 Å². The first-order valence-corrected chi connectivity index (χ1v) is 15.2. The number of hydrogen-bond acceptors (Lipinski definition) is 1. The molecule has 1 rings (SSSR count). The molecule has 0 aliphatic heterocycles. The normalized spacial score (nSPS) is 13.4. The lowest BCUT2D eigenvalue weighted by molar-refractivity contribution is 0.692. The van der Waals surface area contributed by atoms with Crippen LogP contribution < -0.4 is 5.32 Å². The molecule has 0 radical (unpaired) electrons. The molecule has 0 amide bonds. The fourth-order valence-corrected chi connectivity index (χ4v) is 3.89. The maximum absolute atomic E-state index is 3.60. The molecule has 0 heterocycles. The summed E-state index contributed by atoms with van der Waals surface area (Å²) in [4.78, 5) is 0. The van der Waals surface area contributed by atoms with E-state index < -0.39 is 16.1 Å². The zero-order chi connectivity index (χ0) is 15.9. The van der Waals surface area contributed by atoms with Gasteiger partial charge >= 0.3 is 0 Å². The Morgan fingerprint density at radius 3 is 2.14 bits per heavy atom. The van der Waals surface area contributed by atoms with Gasteiger partial charge in [-0.25, -0.2) is 0 Å². The Bertz CT molecular complexity index is 472. The fourth-order valence-electron chi connectivity index (χ4n) is 1.97. The van der Waals surface area contributed by atoms with Crippen molar-refractivity contribution in [1.82, 2.24) is 5.32 Å². The van der Waals surface area contributed by atoms with Gasteiger partial charge < -0.3 is 5.32 Å². The van der Waals surface area contributed by atoms with Gasteiger partial charge in [0.05, 0.1) is 16.1 Å². The highest BCUT2D eigenvalue weighted by atomic mass is 28.3. The molecule has 0 bridgehead atoms. The Balaban J connectivity index is 2.55. The lowest BCUT2D eigenvalue weighted by atomic mass is 10.2. The second-order valence-corrected chi connectivity index (χ2v) is 19.0. The van der Waals surface area contributed by atoms with Gasteiger partial charge in [-0.05, 0) is 5.56 Å². The third-order valence-corrected chi connectivity index (χ3v) is 7.14. The van der Waals surface area contributed by atoms with Gasteiger partial charge in [-0.3, -0.25) is 0 Å². The van der Waals surface area contributed by atoms with E-state index in [1.807, 2.05) is 0 Å². The van der Waals surface area contributed by atoms with Gasteiger partial charge in [0.15, 0.2) is 0 Å². The summed E-state index contributed by atoms with van der Waals surface area (Å²) < 4.78 is 0. The Hall–Kier alpha value is -0.826. The van der Waals surface area contributed by atoms with E-state index in [0.717, 1.165) is 19.1 Å². The number of benzene rings is 1. The second kappa shape index (κ2) is 7.98. The first-order valence-electron chi connectivity index (χ1n) is 7.91. The maximum atomic E-state index is 3.60. The van der Waals surface area contributed by atoms with Gasteiger partial charge in [0.25, 0.3) is 0 Å². The van der Waals surface area contributed by atoms with Crippen LogP contribution in [0.2, 0.25) is 50.9 Å². The first-order chi connectivity index (χ1) is 9.68. The molecule has 3 heteroatoms. The van der Waals surface area contributed by atoms with Crippen LogP contribution in [0.4, 0.5) is 0 Å². The third-order valence-electron chi connectivity index (χ3n) is 3.46. The molecule has 0 aromatic heterocycles. The van der Waals surface area contributed by atoms with Gasteiger partial charge in [0.2, 0.25) is 0 Å². The van der Waals surface area contributed by atoms with Crippen molar-refractivity contribution in [3.05, 3.63) is 35.9 Å². The van der Waals surface area contributed by atoms with E-state index in [-0.39, 0.29) is 0 Å². The molecular weight excluding hydrogens is 286 g/mol.